The lowest BCUT2D eigenvalue weighted by Crippen LogP contribution is -2.48. The zero-order chi connectivity index (χ0) is 13.0. The highest BCUT2D eigenvalue weighted by Crippen LogP contribution is 2.28. The molecule has 2 nitrogen and oxygen atoms in total. The monoisotopic (exact) mass is 228 g/mol. The first-order chi connectivity index (χ1) is 7.04. The van der Waals surface area contributed by atoms with Gasteiger partial charge >= 0.3 is 0 Å². The van der Waals surface area contributed by atoms with E-state index in [-0.39, 0.29) is 11.0 Å². The van der Waals surface area contributed by atoms with E-state index in [1.54, 1.807) is 0 Å². The molecule has 0 aromatic carbocycles. The summed E-state index contributed by atoms with van der Waals surface area (Å²) < 4.78 is 0. The number of nitrogens with two attached hydrogens (primary N) is 1. The van der Waals surface area contributed by atoms with Crippen molar-refractivity contribution < 1.29 is 0 Å². The van der Waals surface area contributed by atoms with E-state index in [1.807, 2.05) is 0 Å². The van der Waals surface area contributed by atoms with E-state index >= 15 is 0 Å². The molecule has 1 unspecified atom stereocenters. The molecule has 3 N–H and O–H groups in total. The number of hydrogen-bond donors (Lipinski definition) is 2. The molecule has 0 radical (unpaired) electrons. The van der Waals surface area contributed by atoms with Gasteiger partial charge in [-0.1, -0.05) is 34.6 Å². The molecule has 0 aromatic heterocycles. The van der Waals surface area contributed by atoms with Crippen molar-refractivity contribution in [1.29, 1.82) is 0 Å². The van der Waals surface area contributed by atoms with Crippen LogP contribution in [-0.4, -0.2) is 18.6 Å². The quantitative estimate of drug-likeness (QED) is 0.733. The van der Waals surface area contributed by atoms with Crippen LogP contribution in [0.25, 0.3) is 0 Å². The summed E-state index contributed by atoms with van der Waals surface area (Å²) in [6.45, 7) is 17.7. The van der Waals surface area contributed by atoms with Gasteiger partial charge in [-0.25, -0.2) is 0 Å². The van der Waals surface area contributed by atoms with Crippen molar-refractivity contribution in [1.82, 2.24) is 5.32 Å². The molecule has 0 bridgehead atoms. The fourth-order valence-corrected chi connectivity index (χ4v) is 2.18. The number of rotatable bonds is 6. The van der Waals surface area contributed by atoms with Crippen molar-refractivity contribution in [3.63, 3.8) is 0 Å². The first-order valence-electron chi connectivity index (χ1n) is 6.49. The Morgan fingerprint density at radius 2 is 1.50 bits per heavy atom. The fourth-order valence-electron chi connectivity index (χ4n) is 2.18. The van der Waals surface area contributed by atoms with E-state index in [2.05, 4.69) is 53.8 Å². The van der Waals surface area contributed by atoms with Crippen molar-refractivity contribution in [2.45, 2.75) is 66.8 Å². The fraction of sp³-hybridized carbons (Fsp3) is 1.00. The largest absolute Gasteiger partial charge is 0.330 e. The highest BCUT2D eigenvalue weighted by atomic mass is 15.0. The predicted molar refractivity (Wildman–Crippen MR) is 73.6 cm³/mol. The molecule has 0 saturated carbocycles. The maximum Gasteiger partial charge on any atom is 0.0130 e. The van der Waals surface area contributed by atoms with Crippen LogP contribution in [0.1, 0.15) is 61.3 Å². The Kier molecular flexibility index (Phi) is 5.48. The van der Waals surface area contributed by atoms with Crippen LogP contribution in [0.4, 0.5) is 0 Å². The molecule has 0 aliphatic carbocycles. The molecule has 0 spiro atoms. The minimum atomic E-state index is 0.184. The topological polar surface area (TPSA) is 38.0 Å². The standard InChI is InChI=1S/C14H32N2/c1-8-14(7,10-15)11-16-13(5,6)9-12(2,3)4/h16H,8-11,15H2,1-7H3. The number of hydrogen-bond acceptors (Lipinski definition) is 2. The molecular weight excluding hydrogens is 196 g/mol. The average molecular weight is 228 g/mol. The van der Waals surface area contributed by atoms with Crippen molar-refractivity contribution in [3.05, 3.63) is 0 Å². The summed E-state index contributed by atoms with van der Waals surface area (Å²) in [4.78, 5) is 0. The summed E-state index contributed by atoms with van der Waals surface area (Å²) in [5.41, 5.74) is 6.61. The predicted octanol–water partition coefficient (Wildman–Crippen LogP) is 3.17. The maximum absolute atomic E-state index is 5.83. The molecular formula is C14H32N2. The normalized spacial score (nSPS) is 17.2. The lowest BCUT2D eigenvalue weighted by Gasteiger charge is -2.37. The van der Waals surface area contributed by atoms with Gasteiger partial charge in [-0.15, -0.1) is 0 Å². The Morgan fingerprint density at radius 3 is 1.81 bits per heavy atom. The molecule has 98 valence electrons. The third kappa shape index (κ3) is 6.49. The Balaban J connectivity index is 4.28. The first-order valence-corrected chi connectivity index (χ1v) is 6.49. The molecule has 0 aliphatic heterocycles. The Labute approximate surface area is 102 Å². The van der Waals surface area contributed by atoms with E-state index in [0.717, 1.165) is 19.5 Å². The highest BCUT2D eigenvalue weighted by molar-refractivity contribution is 4.86. The van der Waals surface area contributed by atoms with Crippen LogP contribution in [0, 0.1) is 10.8 Å². The maximum atomic E-state index is 5.83. The molecule has 0 aliphatic rings. The second-order valence-corrected chi connectivity index (χ2v) is 7.34. The molecule has 0 rings (SSSR count). The minimum Gasteiger partial charge on any atom is -0.330 e. The van der Waals surface area contributed by atoms with Gasteiger partial charge in [0.15, 0.2) is 0 Å². The summed E-state index contributed by atoms with van der Waals surface area (Å²) >= 11 is 0. The lowest BCUT2D eigenvalue weighted by molar-refractivity contribution is 0.202. The van der Waals surface area contributed by atoms with Gasteiger partial charge in [-0.2, -0.15) is 0 Å². The van der Waals surface area contributed by atoms with Gasteiger partial charge in [0, 0.05) is 12.1 Å². The van der Waals surface area contributed by atoms with Crippen molar-refractivity contribution in [3.8, 4) is 0 Å². The SMILES string of the molecule is CCC(C)(CN)CNC(C)(C)CC(C)(C)C. The van der Waals surface area contributed by atoms with Crippen LogP contribution in [0.15, 0.2) is 0 Å². The smallest absolute Gasteiger partial charge is 0.0130 e. The summed E-state index contributed by atoms with van der Waals surface area (Å²) in [5, 5.41) is 3.68. The molecule has 0 heterocycles. The first kappa shape index (κ1) is 15.9. The molecule has 0 saturated heterocycles. The summed E-state index contributed by atoms with van der Waals surface area (Å²) in [6, 6.07) is 0. The average Bonchev–Trinajstić information content (AvgIpc) is 2.11. The second-order valence-electron chi connectivity index (χ2n) is 7.34. The van der Waals surface area contributed by atoms with Gasteiger partial charge < -0.3 is 11.1 Å². The van der Waals surface area contributed by atoms with Gasteiger partial charge in [-0.3, -0.25) is 0 Å². The van der Waals surface area contributed by atoms with E-state index in [4.69, 9.17) is 5.73 Å². The van der Waals surface area contributed by atoms with E-state index < -0.39 is 0 Å². The van der Waals surface area contributed by atoms with Crippen LogP contribution in [0.5, 0.6) is 0 Å². The van der Waals surface area contributed by atoms with Gasteiger partial charge in [0.05, 0.1) is 0 Å². The van der Waals surface area contributed by atoms with Crippen molar-refractivity contribution in [2.24, 2.45) is 16.6 Å². The Morgan fingerprint density at radius 1 is 1.00 bits per heavy atom. The van der Waals surface area contributed by atoms with Gasteiger partial charge in [0.1, 0.15) is 0 Å². The van der Waals surface area contributed by atoms with Crippen molar-refractivity contribution >= 4 is 0 Å². The van der Waals surface area contributed by atoms with E-state index in [9.17, 15) is 0 Å². The second kappa shape index (κ2) is 5.50. The molecule has 2 heteroatoms. The summed E-state index contributed by atoms with van der Waals surface area (Å²) in [7, 11) is 0. The third-order valence-electron chi connectivity index (χ3n) is 3.31. The zero-order valence-corrected chi connectivity index (χ0v) is 12.4. The Bertz CT molecular complexity index is 197. The molecule has 0 fully saturated rings. The van der Waals surface area contributed by atoms with Crippen molar-refractivity contribution in [2.75, 3.05) is 13.1 Å². The van der Waals surface area contributed by atoms with E-state index in [0.29, 0.717) is 5.41 Å². The summed E-state index contributed by atoms with van der Waals surface area (Å²) in [5.74, 6) is 0. The molecule has 0 aromatic rings. The van der Waals surface area contributed by atoms with E-state index in [1.165, 1.54) is 6.42 Å². The van der Waals surface area contributed by atoms with Crippen LogP contribution >= 0.6 is 0 Å². The van der Waals surface area contributed by atoms with Crippen LogP contribution < -0.4 is 11.1 Å². The van der Waals surface area contributed by atoms with Gasteiger partial charge in [0.25, 0.3) is 0 Å². The third-order valence-corrected chi connectivity index (χ3v) is 3.31. The minimum absolute atomic E-state index is 0.184. The molecule has 1 atom stereocenters. The van der Waals surface area contributed by atoms with Crippen LogP contribution in [0.3, 0.4) is 0 Å². The zero-order valence-electron chi connectivity index (χ0n) is 12.4. The van der Waals surface area contributed by atoms with Gasteiger partial charge in [-0.05, 0) is 44.1 Å². The molecule has 0 amide bonds. The van der Waals surface area contributed by atoms with Gasteiger partial charge in [0.2, 0.25) is 0 Å². The Hall–Kier alpha value is -0.0800. The van der Waals surface area contributed by atoms with Crippen LogP contribution in [0.2, 0.25) is 0 Å². The molecule has 16 heavy (non-hydrogen) atoms. The highest BCUT2D eigenvalue weighted by Gasteiger charge is 2.28. The lowest BCUT2D eigenvalue weighted by atomic mass is 9.80. The summed E-state index contributed by atoms with van der Waals surface area (Å²) in [6.07, 6.45) is 2.30. The van der Waals surface area contributed by atoms with Crippen LogP contribution in [-0.2, 0) is 0 Å². The number of nitrogens with one attached hydrogen (secondary N) is 1.